The third-order valence-electron chi connectivity index (χ3n) is 3.37. The normalized spacial score (nSPS) is 14.6. The fourth-order valence-corrected chi connectivity index (χ4v) is 2.89. The summed E-state index contributed by atoms with van der Waals surface area (Å²) in [6.07, 6.45) is 6.18. The highest BCUT2D eigenvalue weighted by Gasteiger charge is 2.28. The topological polar surface area (TPSA) is 55.6 Å². The molecule has 1 aliphatic carbocycles. The first-order chi connectivity index (χ1) is 9.69. The van der Waals surface area contributed by atoms with Gasteiger partial charge in [0, 0.05) is 37.5 Å². The minimum absolute atomic E-state index is 0.550. The number of hydrogen-bond donors (Lipinski definition) is 1. The van der Waals surface area contributed by atoms with E-state index in [9.17, 15) is 0 Å². The highest BCUT2D eigenvalue weighted by molar-refractivity contribution is 7.99. The summed E-state index contributed by atoms with van der Waals surface area (Å²) in [6, 6.07) is 0. The summed E-state index contributed by atoms with van der Waals surface area (Å²) in [5.74, 6) is 2.48. The lowest BCUT2D eigenvalue weighted by Gasteiger charge is -2.12. The Hall–Kier alpha value is -1.56. The third kappa shape index (κ3) is 2.65. The molecule has 0 amide bonds. The summed E-state index contributed by atoms with van der Waals surface area (Å²) in [6.45, 7) is 5.03. The van der Waals surface area contributed by atoms with Crippen molar-refractivity contribution in [3.8, 4) is 0 Å². The Morgan fingerprint density at radius 3 is 2.80 bits per heavy atom. The van der Waals surface area contributed by atoms with Gasteiger partial charge in [-0.25, -0.2) is 15.0 Å². The van der Waals surface area contributed by atoms with Gasteiger partial charge in [0.2, 0.25) is 0 Å². The number of nitrogens with one attached hydrogen (secondary N) is 1. The van der Waals surface area contributed by atoms with Gasteiger partial charge in [-0.05, 0) is 38.5 Å². The molecule has 0 aromatic carbocycles. The number of aromatic nitrogens is 4. The number of rotatable bonds is 5. The number of imidazole rings is 1. The Morgan fingerprint density at radius 1 is 1.40 bits per heavy atom. The fraction of sp³-hybridized carbons (Fsp3) is 0.500. The molecule has 20 heavy (non-hydrogen) atoms. The second-order valence-corrected chi connectivity index (χ2v) is 6.04. The predicted octanol–water partition coefficient (Wildman–Crippen LogP) is 2.98. The smallest absolute Gasteiger partial charge is 0.174 e. The summed E-state index contributed by atoms with van der Waals surface area (Å²) in [4.78, 5) is 13.8. The lowest BCUT2D eigenvalue weighted by Crippen LogP contribution is -2.07. The van der Waals surface area contributed by atoms with Crippen LogP contribution in [-0.4, -0.2) is 26.1 Å². The van der Waals surface area contributed by atoms with Gasteiger partial charge in [0.15, 0.2) is 5.16 Å². The van der Waals surface area contributed by atoms with Gasteiger partial charge >= 0.3 is 0 Å². The van der Waals surface area contributed by atoms with Crippen LogP contribution >= 0.6 is 11.8 Å². The molecule has 0 aliphatic heterocycles. The highest BCUT2D eigenvalue weighted by atomic mass is 32.2. The third-order valence-corrected chi connectivity index (χ3v) is 4.54. The molecule has 6 heteroatoms. The minimum atomic E-state index is 0.550. The zero-order chi connectivity index (χ0) is 14.1. The van der Waals surface area contributed by atoms with Crippen LogP contribution in [0.3, 0.4) is 0 Å². The average Bonchev–Trinajstić information content (AvgIpc) is 3.20. The van der Waals surface area contributed by atoms with Crippen LogP contribution in [0.15, 0.2) is 22.6 Å². The molecule has 1 aliphatic rings. The van der Waals surface area contributed by atoms with Gasteiger partial charge in [-0.2, -0.15) is 0 Å². The summed E-state index contributed by atoms with van der Waals surface area (Å²) < 4.78 is 2.01. The van der Waals surface area contributed by atoms with Gasteiger partial charge in [0.1, 0.15) is 16.7 Å². The monoisotopic (exact) mass is 289 g/mol. The molecule has 5 nitrogen and oxygen atoms in total. The van der Waals surface area contributed by atoms with E-state index in [-0.39, 0.29) is 0 Å². The Morgan fingerprint density at radius 2 is 2.20 bits per heavy atom. The van der Waals surface area contributed by atoms with E-state index in [0.717, 1.165) is 33.9 Å². The van der Waals surface area contributed by atoms with Crippen molar-refractivity contribution in [2.45, 2.75) is 42.8 Å². The average molecular weight is 289 g/mol. The van der Waals surface area contributed by atoms with Crippen LogP contribution in [0.2, 0.25) is 0 Å². The van der Waals surface area contributed by atoms with Crippen molar-refractivity contribution in [2.24, 2.45) is 7.05 Å². The van der Waals surface area contributed by atoms with Crippen molar-refractivity contribution < 1.29 is 0 Å². The van der Waals surface area contributed by atoms with Gasteiger partial charge < -0.3 is 9.88 Å². The van der Waals surface area contributed by atoms with Crippen LogP contribution in [0.5, 0.6) is 0 Å². The van der Waals surface area contributed by atoms with E-state index in [4.69, 9.17) is 4.98 Å². The molecule has 1 fully saturated rings. The van der Waals surface area contributed by atoms with Crippen LogP contribution in [0, 0.1) is 6.92 Å². The second-order valence-electron chi connectivity index (χ2n) is 5.09. The zero-order valence-electron chi connectivity index (χ0n) is 12.1. The molecule has 2 heterocycles. The maximum absolute atomic E-state index is 4.75. The van der Waals surface area contributed by atoms with Crippen LogP contribution in [0.1, 0.15) is 37.1 Å². The molecular weight excluding hydrogens is 270 g/mol. The van der Waals surface area contributed by atoms with E-state index in [1.165, 1.54) is 12.8 Å². The first-order valence-corrected chi connectivity index (χ1v) is 7.78. The first kappa shape index (κ1) is 13.4. The SMILES string of the molecule is CCNc1nc(C2CC2)nc(Sc2nccn2C)c1C. The molecule has 1 saturated carbocycles. The van der Waals surface area contributed by atoms with Crippen molar-refractivity contribution in [1.82, 2.24) is 19.5 Å². The Bertz CT molecular complexity index is 618. The van der Waals surface area contributed by atoms with Gasteiger partial charge in [0.05, 0.1) is 0 Å². The van der Waals surface area contributed by atoms with Crippen LogP contribution in [-0.2, 0) is 7.05 Å². The fourth-order valence-electron chi connectivity index (χ4n) is 2.01. The molecule has 0 atom stereocenters. The molecule has 1 N–H and O–H groups in total. The van der Waals surface area contributed by atoms with E-state index in [1.807, 2.05) is 24.0 Å². The highest BCUT2D eigenvalue weighted by Crippen LogP contribution is 2.40. The van der Waals surface area contributed by atoms with E-state index >= 15 is 0 Å². The first-order valence-electron chi connectivity index (χ1n) is 6.96. The van der Waals surface area contributed by atoms with Gasteiger partial charge in [-0.3, -0.25) is 0 Å². The predicted molar refractivity (Wildman–Crippen MR) is 80.2 cm³/mol. The summed E-state index contributed by atoms with van der Waals surface area (Å²) >= 11 is 1.61. The maximum Gasteiger partial charge on any atom is 0.174 e. The van der Waals surface area contributed by atoms with Gasteiger partial charge in [-0.1, -0.05) is 0 Å². The number of nitrogens with zero attached hydrogens (tertiary/aromatic N) is 4. The quantitative estimate of drug-likeness (QED) is 0.858. The van der Waals surface area contributed by atoms with Crippen molar-refractivity contribution in [3.63, 3.8) is 0 Å². The van der Waals surface area contributed by atoms with E-state index in [2.05, 4.69) is 29.1 Å². The lowest BCUT2D eigenvalue weighted by atomic mass is 10.3. The van der Waals surface area contributed by atoms with E-state index < -0.39 is 0 Å². The van der Waals surface area contributed by atoms with Gasteiger partial charge in [0.25, 0.3) is 0 Å². The molecule has 2 aromatic heterocycles. The molecule has 0 unspecified atom stereocenters. The number of anilines is 1. The van der Waals surface area contributed by atoms with Crippen molar-refractivity contribution >= 4 is 17.6 Å². The van der Waals surface area contributed by atoms with Crippen LogP contribution < -0.4 is 5.32 Å². The molecule has 106 valence electrons. The maximum atomic E-state index is 4.75. The molecule has 0 radical (unpaired) electrons. The molecule has 0 bridgehead atoms. The Balaban J connectivity index is 1.97. The van der Waals surface area contributed by atoms with Crippen LogP contribution in [0.4, 0.5) is 5.82 Å². The van der Waals surface area contributed by atoms with Crippen molar-refractivity contribution in [3.05, 3.63) is 23.8 Å². The minimum Gasteiger partial charge on any atom is -0.370 e. The summed E-state index contributed by atoms with van der Waals surface area (Å²) in [7, 11) is 2.00. The Kier molecular flexibility index (Phi) is 3.65. The summed E-state index contributed by atoms with van der Waals surface area (Å²) in [5.41, 5.74) is 1.10. The van der Waals surface area contributed by atoms with Crippen molar-refractivity contribution in [2.75, 3.05) is 11.9 Å². The lowest BCUT2D eigenvalue weighted by molar-refractivity contribution is 0.785. The number of aryl methyl sites for hydroxylation is 1. The van der Waals surface area contributed by atoms with E-state index in [0.29, 0.717) is 5.92 Å². The largest absolute Gasteiger partial charge is 0.370 e. The number of hydrogen-bond acceptors (Lipinski definition) is 5. The van der Waals surface area contributed by atoms with Gasteiger partial charge in [-0.15, -0.1) is 0 Å². The van der Waals surface area contributed by atoms with E-state index in [1.54, 1.807) is 11.8 Å². The van der Waals surface area contributed by atoms with Crippen molar-refractivity contribution in [1.29, 1.82) is 0 Å². The zero-order valence-corrected chi connectivity index (χ0v) is 12.9. The molecular formula is C14H19N5S. The summed E-state index contributed by atoms with van der Waals surface area (Å²) in [5, 5.41) is 5.30. The molecule has 0 saturated heterocycles. The standard InChI is InChI=1S/C14H19N5S/c1-4-15-11-9(2)13(18-12(17-11)10-5-6-10)20-14-16-7-8-19(14)3/h7-8,10H,4-6H2,1-3H3,(H,15,17,18). The second kappa shape index (κ2) is 5.44. The van der Waals surface area contributed by atoms with Crippen LogP contribution in [0.25, 0.3) is 0 Å². The molecule has 3 rings (SSSR count). The molecule has 0 spiro atoms. The molecule has 2 aromatic rings. The Labute approximate surface area is 123 Å².